The van der Waals surface area contributed by atoms with E-state index in [0.717, 1.165) is 0 Å². The summed E-state index contributed by atoms with van der Waals surface area (Å²) in [6, 6.07) is 16.1. The van der Waals surface area contributed by atoms with Gasteiger partial charge in [0.1, 0.15) is 22.8 Å². The van der Waals surface area contributed by atoms with Crippen molar-refractivity contribution < 1.29 is 13.6 Å². The maximum absolute atomic E-state index is 14.0. The van der Waals surface area contributed by atoms with E-state index in [9.17, 15) is 13.6 Å². The van der Waals surface area contributed by atoms with Crippen molar-refractivity contribution in [3.63, 3.8) is 0 Å². The quantitative estimate of drug-likeness (QED) is 0.531. The predicted octanol–water partition coefficient (Wildman–Crippen LogP) is 3.41. The highest BCUT2D eigenvalue weighted by Crippen LogP contribution is 2.19. The number of hydrogen-bond acceptors (Lipinski definition) is 5. The highest BCUT2D eigenvalue weighted by atomic mass is 19.1. The summed E-state index contributed by atoms with van der Waals surface area (Å²) in [6.07, 6.45) is 0.334. The van der Waals surface area contributed by atoms with Crippen LogP contribution in [0.4, 0.5) is 14.7 Å². The SMILES string of the molecule is Nc1nc(C(=O)NCc2cccc(Cc3ccccc3F)n2)c2cccc(F)c2n1. The lowest BCUT2D eigenvalue weighted by atomic mass is 10.1. The molecule has 2 heterocycles. The van der Waals surface area contributed by atoms with Crippen molar-refractivity contribution in [2.75, 3.05) is 5.73 Å². The van der Waals surface area contributed by atoms with E-state index in [-0.39, 0.29) is 34.9 Å². The van der Waals surface area contributed by atoms with Gasteiger partial charge >= 0.3 is 0 Å². The van der Waals surface area contributed by atoms with Gasteiger partial charge in [-0.2, -0.15) is 0 Å². The van der Waals surface area contributed by atoms with Crippen LogP contribution >= 0.6 is 0 Å². The van der Waals surface area contributed by atoms with Crippen LogP contribution in [0.15, 0.2) is 60.7 Å². The van der Waals surface area contributed by atoms with Crippen molar-refractivity contribution in [2.24, 2.45) is 0 Å². The molecule has 2 aromatic heterocycles. The van der Waals surface area contributed by atoms with Gasteiger partial charge in [-0.05, 0) is 29.8 Å². The molecule has 0 saturated carbocycles. The first-order valence-electron chi connectivity index (χ1n) is 9.19. The number of nitrogens with one attached hydrogen (secondary N) is 1. The Morgan fingerprint density at radius 1 is 0.867 bits per heavy atom. The normalized spacial score (nSPS) is 10.9. The Balaban J connectivity index is 1.52. The number of benzene rings is 2. The van der Waals surface area contributed by atoms with Crippen LogP contribution in [0, 0.1) is 11.6 Å². The summed E-state index contributed by atoms with van der Waals surface area (Å²) in [4.78, 5) is 25.0. The fourth-order valence-corrected chi connectivity index (χ4v) is 3.13. The number of fused-ring (bicyclic) bond motifs is 1. The molecule has 30 heavy (non-hydrogen) atoms. The van der Waals surface area contributed by atoms with Crippen LogP contribution in [-0.4, -0.2) is 20.9 Å². The van der Waals surface area contributed by atoms with Crippen molar-refractivity contribution in [1.82, 2.24) is 20.3 Å². The van der Waals surface area contributed by atoms with Gasteiger partial charge in [0.2, 0.25) is 5.95 Å². The summed E-state index contributed by atoms with van der Waals surface area (Å²) in [7, 11) is 0. The number of pyridine rings is 1. The van der Waals surface area contributed by atoms with Crippen LogP contribution in [0.1, 0.15) is 27.4 Å². The maximum atomic E-state index is 14.0. The molecule has 0 fully saturated rings. The summed E-state index contributed by atoms with van der Waals surface area (Å²) in [6.45, 7) is 0.116. The zero-order valence-corrected chi connectivity index (χ0v) is 15.8. The van der Waals surface area contributed by atoms with Crippen LogP contribution in [0.2, 0.25) is 0 Å². The van der Waals surface area contributed by atoms with Gasteiger partial charge in [-0.25, -0.2) is 18.7 Å². The molecule has 2 aromatic carbocycles. The summed E-state index contributed by atoms with van der Waals surface area (Å²) in [5.74, 6) is -1.60. The number of nitrogens with zero attached hydrogens (tertiary/aromatic N) is 3. The molecule has 0 atom stereocenters. The standard InChI is InChI=1S/C22H17F2N5O/c23-17-9-2-1-5-13(17)11-14-6-3-7-15(27-14)12-26-21(30)20-16-8-4-10-18(24)19(16)28-22(25)29-20/h1-10H,11-12H2,(H,26,30)(H2,25,28,29). The predicted molar refractivity (Wildman–Crippen MR) is 109 cm³/mol. The second kappa shape index (κ2) is 8.20. The highest BCUT2D eigenvalue weighted by Gasteiger charge is 2.16. The van der Waals surface area contributed by atoms with E-state index in [0.29, 0.717) is 23.4 Å². The van der Waals surface area contributed by atoms with Crippen molar-refractivity contribution in [1.29, 1.82) is 0 Å². The first-order chi connectivity index (χ1) is 14.5. The van der Waals surface area contributed by atoms with E-state index in [2.05, 4.69) is 20.3 Å². The number of para-hydroxylation sites is 1. The monoisotopic (exact) mass is 405 g/mol. The van der Waals surface area contributed by atoms with E-state index in [1.54, 1.807) is 42.5 Å². The zero-order chi connectivity index (χ0) is 21.1. The first-order valence-corrected chi connectivity index (χ1v) is 9.19. The molecule has 0 spiro atoms. The Hall–Kier alpha value is -3.94. The molecule has 150 valence electrons. The molecule has 4 aromatic rings. The minimum absolute atomic E-state index is 0.0137. The summed E-state index contributed by atoms with van der Waals surface area (Å²) < 4.78 is 27.9. The average Bonchev–Trinajstić information content (AvgIpc) is 2.74. The molecule has 4 rings (SSSR count). The molecule has 6 nitrogen and oxygen atoms in total. The fraction of sp³-hybridized carbons (Fsp3) is 0.0909. The van der Waals surface area contributed by atoms with E-state index >= 15 is 0 Å². The smallest absolute Gasteiger partial charge is 0.271 e. The third-order valence-electron chi connectivity index (χ3n) is 4.53. The lowest BCUT2D eigenvalue weighted by Gasteiger charge is -2.09. The maximum Gasteiger partial charge on any atom is 0.271 e. The van der Waals surface area contributed by atoms with E-state index < -0.39 is 11.7 Å². The topological polar surface area (TPSA) is 93.8 Å². The highest BCUT2D eigenvalue weighted by molar-refractivity contribution is 6.04. The second-order valence-electron chi connectivity index (χ2n) is 6.64. The zero-order valence-electron chi connectivity index (χ0n) is 15.8. The molecule has 0 unspecified atom stereocenters. The number of halogens is 2. The van der Waals surface area contributed by atoms with E-state index in [4.69, 9.17) is 5.73 Å². The molecule has 1 amide bonds. The molecule has 0 bridgehead atoms. The number of aromatic nitrogens is 3. The Morgan fingerprint density at radius 3 is 2.43 bits per heavy atom. The lowest BCUT2D eigenvalue weighted by Crippen LogP contribution is -2.25. The number of nitrogens with two attached hydrogens (primary N) is 1. The Bertz CT molecular complexity index is 1250. The number of anilines is 1. The number of hydrogen-bond donors (Lipinski definition) is 2. The number of rotatable bonds is 5. The fourth-order valence-electron chi connectivity index (χ4n) is 3.13. The molecular weight excluding hydrogens is 388 g/mol. The first kappa shape index (κ1) is 19.4. The number of carbonyl (C=O) groups is 1. The van der Waals surface area contributed by atoms with Crippen molar-refractivity contribution >= 4 is 22.8 Å². The lowest BCUT2D eigenvalue weighted by molar-refractivity contribution is 0.0947. The third-order valence-corrected chi connectivity index (χ3v) is 4.53. The van der Waals surface area contributed by atoms with E-state index in [1.165, 1.54) is 18.2 Å². The average molecular weight is 405 g/mol. The van der Waals surface area contributed by atoms with Crippen LogP contribution in [-0.2, 0) is 13.0 Å². The molecule has 8 heteroatoms. The van der Waals surface area contributed by atoms with Gasteiger partial charge in [0.25, 0.3) is 5.91 Å². The van der Waals surface area contributed by atoms with Gasteiger partial charge in [0.05, 0.1) is 12.2 Å². The van der Waals surface area contributed by atoms with E-state index in [1.807, 2.05) is 0 Å². The van der Waals surface area contributed by atoms with Gasteiger partial charge in [-0.15, -0.1) is 0 Å². The van der Waals surface area contributed by atoms with Gasteiger partial charge < -0.3 is 11.1 Å². The van der Waals surface area contributed by atoms with Crippen molar-refractivity contribution in [3.8, 4) is 0 Å². The second-order valence-corrected chi connectivity index (χ2v) is 6.64. The summed E-state index contributed by atoms with van der Waals surface area (Å²) in [5, 5.41) is 2.98. The molecule has 0 aliphatic carbocycles. The third kappa shape index (κ3) is 4.07. The molecule has 0 radical (unpaired) electrons. The molecule has 3 N–H and O–H groups in total. The van der Waals surface area contributed by atoms with Crippen LogP contribution < -0.4 is 11.1 Å². The van der Waals surface area contributed by atoms with Crippen molar-refractivity contribution in [3.05, 3.63) is 94.9 Å². The molecule has 0 aliphatic rings. The number of carbonyl (C=O) groups excluding carboxylic acids is 1. The van der Waals surface area contributed by atoms with Gasteiger partial charge in [0, 0.05) is 17.5 Å². The Kier molecular flexibility index (Phi) is 5.30. The minimum atomic E-state index is -0.585. The van der Waals surface area contributed by atoms with Crippen LogP contribution in [0.5, 0.6) is 0 Å². The minimum Gasteiger partial charge on any atom is -0.368 e. The Morgan fingerprint density at radius 2 is 1.60 bits per heavy atom. The van der Waals surface area contributed by atoms with Crippen molar-refractivity contribution in [2.45, 2.75) is 13.0 Å². The van der Waals surface area contributed by atoms with Gasteiger partial charge in [-0.3, -0.25) is 9.78 Å². The number of amides is 1. The summed E-state index contributed by atoms with van der Waals surface area (Å²) >= 11 is 0. The van der Waals surface area contributed by atoms with Crippen LogP contribution in [0.3, 0.4) is 0 Å². The molecule has 0 aliphatic heterocycles. The summed E-state index contributed by atoms with van der Waals surface area (Å²) in [5.41, 5.74) is 7.41. The largest absolute Gasteiger partial charge is 0.368 e. The molecule has 0 saturated heterocycles. The van der Waals surface area contributed by atoms with Crippen LogP contribution in [0.25, 0.3) is 10.9 Å². The van der Waals surface area contributed by atoms with Gasteiger partial charge in [-0.1, -0.05) is 36.4 Å². The van der Waals surface area contributed by atoms with Gasteiger partial charge in [0.15, 0.2) is 0 Å². The number of nitrogen functional groups attached to an aromatic ring is 1. The molecular formula is C22H17F2N5O. The Labute approximate surface area is 170 Å².